The van der Waals surface area contributed by atoms with E-state index in [1.165, 1.54) is 10.4 Å². The van der Waals surface area contributed by atoms with Gasteiger partial charge >= 0.3 is 6.18 Å². The minimum absolute atomic E-state index is 0.0148. The largest absolute Gasteiger partial charge is 0.416 e. The van der Waals surface area contributed by atoms with Crippen LogP contribution in [0.3, 0.4) is 0 Å². The number of rotatable bonds is 3. The van der Waals surface area contributed by atoms with E-state index >= 15 is 0 Å². The fourth-order valence-corrected chi connectivity index (χ4v) is 5.17. The van der Waals surface area contributed by atoms with Crippen molar-refractivity contribution in [2.75, 3.05) is 37.7 Å². The Morgan fingerprint density at radius 2 is 1.83 bits per heavy atom. The summed E-state index contributed by atoms with van der Waals surface area (Å²) >= 11 is 0. The summed E-state index contributed by atoms with van der Waals surface area (Å²) in [5, 5.41) is 0. The minimum Gasteiger partial charge on any atom is -0.378 e. The molecule has 3 heterocycles. The first-order valence-electron chi connectivity index (χ1n) is 9.53. The van der Waals surface area contributed by atoms with Crippen molar-refractivity contribution in [3.8, 4) is 0 Å². The van der Waals surface area contributed by atoms with Crippen molar-refractivity contribution < 1.29 is 26.3 Å². The second kappa shape index (κ2) is 7.78. The molecule has 0 saturated carbocycles. The SMILES string of the molecule is Cc1nc2c(c(N3CCOCC3)n1)CN(S(=O)(=O)c1cccc(C(F)(F)F)c1)CC2. The Bertz CT molecular complexity index is 1050. The first-order chi connectivity index (χ1) is 14.2. The number of morpholine rings is 1. The van der Waals surface area contributed by atoms with Gasteiger partial charge < -0.3 is 9.64 Å². The van der Waals surface area contributed by atoms with Crippen molar-refractivity contribution in [3.05, 3.63) is 46.9 Å². The summed E-state index contributed by atoms with van der Waals surface area (Å²) < 4.78 is 72.0. The molecule has 1 aromatic heterocycles. The quantitative estimate of drug-likeness (QED) is 0.727. The number of fused-ring (bicyclic) bond motifs is 1. The Balaban J connectivity index is 1.68. The van der Waals surface area contributed by atoms with E-state index in [2.05, 4.69) is 9.97 Å². The molecular formula is C19H21F3N4O3S. The molecule has 0 unspecified atom stereocenters. The fourth-order valence-electron chi connectivity index (χ4n) is 3.72. The summed E-state index contributed by atoms with van der Waals surface area (Å²) in [6, 6.07) is 3.84. The van der Waals surface area contributed by atoms with Crippen LogP contribution < -0.4 is 4.90 Å². The number of benzene rings is 1. The zero-order valence-electron chi connectivity index (χ0n) is 16.3. The number of ether oxygens (including phenoxy) is 1. The molecule has 0 aliphatic carbocycles. The summed E-state index contributed by atoms with van der Waals surface area (Å²) in [5.41, 5.74) is 0.484. The van der Waals surface area contributed by atoms with E-state index in [0.717, 1.165) is 17.8 Å². The van der Waals surface area contributed by atoms with E-state index in [1.807, 2.05) is 4.90 Å². The maximum atomic E-state index is 13.1. The second-order valence-electron chi connectivity index (χ2n) is 7.23. The van der Waals surface area contributed by atoms with Gasteiger partial charge in [0.2, 0.25) is 10.0 Å². The number of anilines is 1. The van der Waals surface area contributed by atoms with Gasteiger partial charge in [0.25, 0.3) is 0 Å². The third-order valence-corrected chi connectivity index (χ3v) is 7.07. The van der Waals surface area contributed by atoms with Crippen molar-refractivity contribution >= 4 is 15.8 Å². The lowest BCUT2D eigenvalue weighted by molar-refractivity contribution is -0.137. The van der Waals surface area contributed by atoms with Crippen molar-refractivity contribution in [1.82, 2.24) is 14.3 Å². The molecule has 0 radical (unpaired) electrons. The summed E-state index contributed by atoms with van der Waals surface area (Å²) in [6.45, 7) is 4.29. The molecule has 1 saturated heterocycles. The Morgan fingerprint density at radius 3 is 2.53 bits per heavy atom. The third kappa shape index (κ3) is 4.01. The number of halogens is 3. The van der Waals surface area contributed by atoms with Crippen LogP contribution in [0, 0.1) is 6.92 Å². The van der Waals surface area contributed by atoms with E-state index in [9.17, 15) is 21.6 Å². The van der Waals surface area contributed by atoms with Crippen LogP contribution >= 0.6 is 0 Å². The lowest BCUT2D eigenvalue weighted by atomic mass is 10.1. The monoisotopic (exact) mass is 442 g/mol. The number of aromatic nitrogens is 2. The van der Waals surface area contributed by atoms with Crippen molar-refractivity contribution in [2.45, 2.75) is 31.0 Å². The van der Waals surface area contributed by atoms with Crippen molar-refractivity contribution in [2.24, 2.45) is 0 Å². The molecule has 7 nitrogen and oxygen atoms in total. The van der Waals surface area contributed by atoms with Crippen LogP contribution in [-0.4, -0.2) is 55.5 Å². The minimum atomic E-state index is -4.62. The average molecular weight is 442 g/mol. The number of alkyl halides is 3. The van der Waals surface area contributed by atoms with E-state index < -0.39 is 21.8 Å². The highest BCUT2D eigenvalue weighted by molar-refractivity contribution is 7.89. The molecule has 0 N–H and O–H groups in total. The predicted molar refractivity (Wildman–Crippen MR) is 103 cm³/mol. The highest BCUT2D eigenvalue weighted by Gasteiger charge is 2.35. The van der Waals surface area contributed by atoms with Crippen LogP contribution in [0.2, 0.25) is 0 Å². The molecule has 0 bridgehead atoms. The molecule has 4 rings (SSSR count). The second-order valence-corrected chi connectivity index (χ2v) is 9.17. The summed E-state index contributed by atoms with van der Waals surface area (Å²) in [6.07, 6.45) is -4.25. The van der Waals surface area contributed by atoms with Crippen LogP contribution in [0.15, 0.2) is 29.2 Å². The van der Waals surface area contributed by atoms with Gasteiger partial charge in [0.1, 0.15) is 11.6 Å². The van der Waals surface area contributed by atoms with Crippen molar-refractivity contribution in [3.63, 3.8) is 0 Å². The molecule has 2 aliphatic rings. The van der Waals surface area contributed by atoms with Crippen LogP contribution in [0.5, 0.6) is 0 Å². The molecule has 1 fully saturated rings. The zero-order valence-corrected chi connectivity index (χ0v) is 17.1. The van der Waals surface area contributed by atoms with Crippen LogP contribution in [0.1, 0.15) is 22.6 Å². The van der Waals surface area contributed by atoms with E-state index in [4.69, 9.17) is 4.74 Å². The number of sulfonamides is 1. The summed E-state index contributed by atoms with van der Waals surface area (Å²) in [5.74, 6) is 1.27. The van der Waals surface area contributed by atoms with Crippen LogP contribution in [0.4, 0.5) is 19.0 Å². The van der Waals surface area contributed by atoms with Crippen LogP contribution in [-0.2, 0) is 33.9 Å². The molecule has 162 valence electrons. The molecule has 0 atom stereocenters. The van der Waals surface area contributed by atoms with E-state index in [0.29, 0.717) is 56.0 Å². The summed E-state index contributed by atoms with van der Waals surface area (Å²) in [4.78, 5) is 10.7. The lowest BCUT2D eigenvalue weighted by Crippen LogP contribution is -2.41. The Labute approximate surface area is 172 Å². The molecular weight excluding hydrogens is 421 g/mol. The van der Waals surface area contributed by atoms with Gasteiger partial charge in [0, 0.05) is 38.2 Å². The van der Waals surface area contributed by atoms with Gasteiger partial charge in [-0.15, -0.1) is 0 Å². The van der Waals surface area contributed by atoms with Gasteiger partial charge in [0.05, 0.1) is 29.4 Å². The summed E-state index contributed by atoms with van der Waals surface area (Å²) in [7, 11) is -4.11. The average Bonchev–Trinajstić information content (AvgIpc) is 2.73. The molecule has 1 aromatic carbocycles. The number of nitrogens with zero attached hydrogens (tertiary/aromatic N) is 4. The molecule has 2 aliphatic heterocycles. The van der Waals surface area contributed by atoms with Gasteiger partial charge in [0.15, 0.2) is 0 Å². The highest BCUT2D eigenvalue weighted by Crippen LogP contribution is 2.33. The lowest BCUT2D eigenvalue weighted by Gasteiger charge is -2.34. The molecule has 0 amide bonds. The predicted octanol–water partition coefficient (Wildman–Crippen LogP) is 2.39. The standard InChI is InChI=1S/C19H21F3N4O3S/c1-13-23-17-5-6-26(12-16(17)18(24-13)25-7-9-29-10-8-25)30(27,28)15-4-2-3-14(11-15)19(20,21)22/h2-4,11H,5-10,12H2,1H3. The first kappa shape index (κ1) is 21.0. The number of hydrogen-bond donors (Lipinski definition) is 0. The smallest absolute Gasteiger partial charge is 0.378 e. The molecule has 2 aromatic rings. The third-order valence-electron chi connectivity index (χ3n) is 5.22. The van der Waals surface area contributed by atoms with Crippen LogP contribution in [0.25, 0.3) is 0 Å². The Hall–Kier alpha value is -2.24. The van der Waals surface area contributed by atoms with E-state index in [-0.39, 0.29) is 18.0 Å². The van der Waals surface area contributed by atoms with E-state index in [1.54, 1.807) is 6.92 Å². The molecule has 0 spiro atoms. The number of aryl methyl sites for hydroxylation is 1. The zero-order chi connectivity index (χ0) is 21.5. The maximum absolute atomic E-state index is 13.1. The topological polar surface area (TPSA) is 75.6 Å². The van der Waals surface area contributed by atoms with Gasteiger partial charge in [-0.3, -0.25) is 0 Å². The maximum Gasteiger partial charge on any atom is 0.416 e. The normalized spacial score (nSPS) is 18.3. The van der Waals surface area contributed by atoms with Crippen molar-refractivity contribution in [1.29, 1.82) is 0 Å². The fraction of sp³-hybridized carbons (Fsp3) is 0.474. The molecule has 30 heavy (non-hydrogen) atoms. The van der Waals surface area contributed by atoms with Gasteiger partial charge in [-0.2, -0.15) is 17.5 Å². The number of hydrogen-bond acceptors (Lipinski definition) is 6. The Morgan fingerprint density at radius 1 is 1.10 bits per heavy atom. The highest BCUT2D eigenvalue weighted by atomic mass is 32.2. The first-order valence-corrected chi connectivity index (χ1v) is 11.0. The van der Waals surface area contributed by atoms with Gasteiger partial charge in [-0.25, -0.2) is 18.4 Å². The molecule has 11 heteroatoms. The van der Waals surface area contributed by atoms with Gasteiger partial charge in [-0.1, -0.05) is 6.07 Å². The van der Waals surface area contributed by atoms with Gasteiger partial charge in [-0.05, 0) is 25.1 Å². The Kier molecular flexibility index (Phi) is 5.45.